The molecule has 0 saturated carbocycles. The number of aromatic nitrogens is 2. The molecule has 1 aromatic carbocycles. The van der Waals surface area contributed by atoms with Crippen molar-refractivity contribution in [2.75, 3.05) is 19.0 Å². The van der Waals surface area contributed by atoms with E-state index in [9.17, 15) is 19.5 Å². The average molecular weight is 345 g/mol. The lowest BCUT2D eigenvalue weighted by Gasteiger charge is -2.12. The molecule has 0 saturated heterocycles. The molecule has 0 atom stereocenters. The van der Waals surface area contributed by atoms with Crippen LogP contribution >= 0.6 is 0 Å². The average Bonchev–Trinajstić information content (AvgIpc) is 2.56. The lowest BCUT2D eigenvalue weighted by molar-refractivity contribution is 0.0695. The number of aryl methyl sites for hydroxylation is 2. The van der Waals surface area contributed by atoms with E-state index in [-0.39, 0.29) is 30.0 Å². The van der Waals surface area contributed by atoms with Gasteiger partial charge in [0, 0.05) is 18.9 Å². The van der Waals surface area contributed by atoms with Crippen LogP contribution in [-0.2, 0) is 11.3 Å². The minimum Gasteiger partial charge on any atom is -0.478 e. The van der Waals surface area contributed by atoms with Crippen LogP contribution in [0, 0.1) is 13.8 Å². The number of methoxy groups -OCH3 is 1. The molecule has 0 spiro atoms. The van der Waals surface area contributed by atoms with Gasteiger partial charge in [0.1, 0.15) is 5.69 Å². The summed E-state index contributed by atoms with van der Waals surface area (Å²) in [6, 6.07) is 5.67. The van der Waals surface area contributed by atoms with Crippen molar-refractivity contribution >= 4 is 17.6 Å². The van der Waals surface area contributed by atoms with E-state index in [1.807, 2.05) is 0 Å². The highest BCUT2D eigenvalue weighted by molar-refractivity contribution is 6.04. The number of benzene rings is 1. The third-order valence-electron chi connectivity index (χ3n) is 3.66. The molecule has 8 nitrogen and oxygen atoms in total. The third kappa shape index (κ3) is 4.30. The van der Waals surface area contributed by atoms with Gasteiger partial charge in [-0.3, -0.25) is 9.59 Å². The second-order valence-electron chi connectivity index (χ2n) is 5.51. The summed E-state index contributed by atoms with van der Waals surface area (Å²) in [5.41, 5.74) is 1.53. The minimum atomic E-state index is -1.07. The van der Waals surface area contributed by atoms with Gasteiger partial charge in [-0.2, -0.15) is 5.10 Å². The van der Waals surface area contributed by atoms with E-state index in [4.69, 9.17) is 4.74 Å². The lowest BCUT2D eigenvalue weighted by atomic mass is 10.0. The van der Waals surface area contributed by atoms with E-state index in [0.29, 0.717) is 11.3 Å². The molecule has 2 N–H and O–H groups in total. The minimum absolute atomic E-state index is 0.0487. The van der Waals surface area contributed by atoms with Crippen LogP contribution in [0.1, 0.15) is 32.0 Å². The molecular weight excluding hydrogens is 326 g/mol. The number of rotatable bonds is 6. The van der Waals surface area contributed by atoms with Crippen molar-refractivity contribution in [3.05, 3.63) is 57.0 Å². The van der Waals surface area contributed by atoms with Crippen LogP contribution in [0.2, 0.25) is 0 Å². The molecule has 0 aliphatic rings. The summed E-state index contributed by atoms with van der Waals surface area (Å²) in [6.45, 7) is 3.97. The highest BCUT2D eigenvalue weighted by Gasteiger charge is 2.15. The highest BCUT2D eigenvalue weighted by Crippen LogP contribution is 2.21. The summed E-state index contributed by atoms with van der Waals surface area (Å²) in [4.78, 5) is 35.4. The second kappa shape index (κ2) is 7.71. The molecule has 1 aromatic heterocycles. The van der Waals surface area contributed by atoms with Gasteiger partial charge in [0.15, 0.2) is 0 Å². The molecule has 0 bridgehead atoms. The first-order chi connectivity index (χ1) is 11.8. The zero-order valence-electron chi connectivity index (χ0n) is 14.2. The van der Waals surface area contributed by atoms with Gasteiger partial charge in [-0.15, -0.1) is 0 Å². The van der Waals surface area contributed by atoms with Crippen LogP contribution in [0.5, 0.6) is 0 Å². The molecule has 8 heteroatoms. The molecule has 1 amide bonds. The predicted molar refractivity (Wildman–Crippen MR) is 91.2 cm³/mol. The lowest BCUT2D eigenvalue weighted by Crippen LogP contribution is -2.27. The Labute approximate surface area is 144 Å². The number of amides is 1. The van der Waals surface area contributed by atoms with Gasteiger partial charge < -0.3 is 15.2 Å². The van der Waals surface area contributed by atoms with Gasteiger partial charge >= 0.3 is 5.97 Å². The summed E-state index contributed by atoms with van der Waals surface area (Å²) >= 11 is 0. The topological polar surface area (TPSA) is 111 Å². The van der Waals surface area contributed by atoms with Crippen LogP contribution in [0.3, 0.4) is 0 Å². The van der Waals surface area contributed by atoms with Crippen LogP contribution < -0.4 is 10.9 Å². The van der Waals surface area contributed by atoms with Crippen molar-refractivity contribution in [1.29, 1.82) is 0 Å². The molecule has 2 aromatic rings. The van der Waals surface area contributed by atoms with E-state index in [2.05, 4.69) is 10.4 Å². The number of carboxylic acids is 1. The summed E-state index contributed by atoms with van der Waals surface area (Å²) < 4.78 is 6.05. The van der Waals surface area contributed by atoms with Crippen LogP contribution in [0.15, 0.2) is 29.1 Å². The smallest absolute Gasteiger partial charge is 0.336 e. The Bertz CT molecular complexity index is 873. The monoisotopic (exact) mass is 345 g/mol. The van der Waals surface area contributed by atoms with Crippen LogP contribution in [0.4, 0.5) is 5.69 Å². The fraction of sp³-hybridized carbons (Fsp3) is 0.294. The molecule has 25 heavy (non-hydrogen) atoms. The van der Waals surface area contributed by atoms with E-state index in [1.165, 1.54) is 25.3 Å². The number of carboxylic acid groups (broad SMARTS) is 1. The maximum Gasteiger partial charge on any atom is 0.336 e. The van der Waals surface area contributed by atoms with Crippen LogP contribution in [-0.4, -0.2) is 40.5 Å². The Balaban J connectivity index is 2.29. The van der Waals surface area contributed by atoms with Gasteiger partial charge in [-0.1, -0.05) is 6.07 Å². The Kier molecular flexibility index (Phi) is 5.66. The second-order valence-corrected chi connectivity index (χ2v) is 5.51. The molecule has 132 valence electrons. The Morgan fingerprint density at radius 2 is 1.96 bits per heavy atom. The van der Waals surface area contributed by atoms with Crippen molar-refractivity contribution in [3.8, 4) is 0 Å². The van der Waals surface area contributed by atoms with E-state index < -0.39 is 11.9 Å². The first-order valence-electron chi connectivity index (χ1n) is 7.56. The number of carbonyl (C=O) groups excluding carboxylic acids is 1. The summed E-state index contributed by atoms with van der Waals surface area (Å²) in [5.74, 6) is -1.60. The van der Waals surface area contributed by atoms with Crippen molar-refractivity contribution < 1.29 is 19.4 Å². The Morgan fingerprint density at radius 3 is 2.60 bits per heavy atom. The third-order valence-corrected chi connectivity index (χ3v) is 3.66. The van der Waals surface area contributed by atoms with Gasteiger partial charge in [0.2, 0.25) is 0 Å². The first-order valence-corrected chi connectivity index (χ1v) is 7.56. The van der Waals surface area contributed by atoms with Gasteiger partial charge in [-0.25, -0.2) is 9.48 Å². The number of nitrogens with zero attached hydrogens (tertiary/aromatic N) is 2. The fourth-order valence-corrected chi connectivity index (χ4v) is 2.31. The molecule has 0 radical (unpaired) electrons. The SMILES string of the molecule is COCCn1nc(C(=O)Nc2cc(C(=O)O)c(C)cc2C)ccc1=O. The number of nitrogens with one attached hydrogen (secondary N) is 1. The van der Waals surface area contributed by atoms with Gasteiger partial charge in [0.25, 0.3) is 11.5 Å². The highest BCUT2D eigenvalue weighted by atomic mass is 16.5. The Morgan fingerprint density at radius 1 is 1.24 bits per heavy atom. The first kappa shape index (κ1) is 18.3. The number of hydrogen-bond donors (Lipinski definition) is 2. The number of hydrogen-bond acceptors (Lipinski definition) is 5. The number of aromatic carboxylic acids is 1. The van der Waals surface area contributed by atoms with Crippen molar-refractivity contribution in [3.63, 3.8) is 0 Å². The van der Waals surface area contributed by atoms with Crippen molar-refractivity contribution in [2.24, 2.45) is 0 Å². The van der Waals surface area contributed by atoms with E-state index >= 15 is 0 Å². The van der Waals surface area contributed by atoms with Gasteiger partial charge in [0.05, 0.1) is 18.7 Å². The standard InChI is InChI=1S/C17H19N3O5/c1-10-8-11(2)14(9-12(10)17(23)24)18-16(22)13-4-5-15(21)20(19-13)6-7-25-3/h4-5,8-9H,6-7H2,1-3H3,(H,18,22)(H,23,24). The summed E-state index contributed by atoms with van der Waals surface area (Å²) in [5, 5.41) is 15.9. The van der Waals surface area contributed by atoms with Crippen molar-refractivity contribution in [1.82, 2.24) is 9.78 Å². The molecule has 0 unspecified atom stereocenters. The van der Waals surface area contributed by atoms with Crippen LogP contribution in [0.25, 0.3) is 0 Å². The van der Waals surface area contributed by atoms with Gasteiger partial charge in [-0.05, 0) is 37.1 Å². The normalized spacial score (nSPS) is 10.5. The van der Waals surface area contributed by atoms with E-state index in [0.717, 1.165) is 10.2 Å². The summed E-state index contributed by atoms with van der Waals surface area (Å²) in [6.07, 6.45) is 0. The fourth-order valence-electron chi connectivity index (χ4n) is 2.31. The number of ether oxygens (including phenoxy) is 1. The molecular formula is C17H19N3O5. The molecule has 0 fully saturated rings. The quantitative estimate of drug-likeness (QED) is 0.820. The Hall–Kier alpha value is -3.00. The zero-order valence-corrected chi connectivity index (χ0v) is 14.2. The zero-order chi connectivity index (χ0) is 18.6. The predicted octanol–water partition coefficient (Wildman–Crippen LogP) is 1.46. The number of anilines is 1. The summed E-state index contributed by atoms with van der Waals surface area (Å²) in [7, 11) is 1.50. The maximum atomic E-state index is 12.4. The molecule has 1 heterocycles. The molecule has 2 rings (SSSR count). The number of carbonyl (C=O) groups is 2. The van der Waals surface area contributed by atoms with Crippen molar-refractivity contribution in [2.45, 2.75) is 20.4 Å². The molecule has 0 aliphatic carbocycles. The maximum absolute atomic E-state index is 12.4. The largest absolute Gasteiger partial charge is 0.478 e. The van der Waals surface area contributed by atoms with E-state index in [1.54, 1.807) is 19.9 Å². The molecule has 0 aliphatic heterocycles.